The Balaban J connectivity index is 1.88. The van der Waals surface area contributed by atoms with Crippen molar-refractivity contribution < 1.29 is 18.7 Å². The Hall–Kier alpha value is -3.36. The molecular weight excluding hydrogens is 410 g/mol. The van der Waals surface area contributed by atoms with Crippen molar-refractivity contribution in [1.82, 2.24) is 10.9 Å². The molecule has 9 heteroatoms. The molecule has 8 nitrogen and oxygen atoms in total. The Kier molecular flexibility index (Phi) is 5.43. The van der Waals surface area contributed by atoms with Crippen LogP contribution in [0.3, 0.4) is 0 Å². The standard InChI is InChI=1S/C21H18ClN3O5/c1-28-13-7-8-14-15(10-17(26)30-16(14)9-13)19-18(11-3-5-12(22)6-4-11)23-20(25-24-19)21(27)29-2/h3-10,18-19,24H,1-2H3,(H,23,25). The molecule has 0 saturated carbocycles. The zero-order valence-corrected chi connectivity index (χ0v) is 16.9. The molecule has 4 rings (SSSR count). The fraction of sp³-hybridized carbons (Fsp3) is 0.190. The van der Waals surface area contributed by atoms with Crippen molar-refractivity contribution in [3.8, 4) is 5.75 Å². The molecule has 0 spiro atoms. The highest BCUT2D eigenvalue weighted by molar-refractivity contribution is 6.35. The van der Waals surface area contributed by atoms with Gasteiger partial charge in [-0.05, 0) is 35.4 Å². The summed E-state index contributed by atoms with van der Waals surface area (Å²) in [5.74, 6) is -0.0116. The molecule has 1 aromatic heterocycles. The van der Waals surface area contributed by atoms with Gasteiger partial charge >= 0.3 is 11.6 Å². The number of ether oxygens (including phenoxy) is 2. The summed E-state index contributed by atoms with van der Waals surface area (Å²) in [5.41, 5.74) is 7.20. The number of hydrogen-bond donors (Lipinski definition) is 2. The Morgan fingerprint density at radius 1 is 1.13 bits per heavy atom. The van der Waals surface area contributed by atoms with E-state index >= 15 is 0 Å². The lowest BCUT2D eigenvalue weighted by Crippen LogP contribution is -2.49. The molecule has 3 aromatic rings. The van der Waals surface area contributed by atoms with E-state index in [9.17, 15) is 9.59 Å². The topological polar surface area (TPSA) is 102 Å². The van der Waals surface area contributed by atoms with E-state index < -0.39 is 23.7 Å². The van der Waals surface area contributed by atoms with E-state index in [0.29, 0.717) is 27.3 Å². The van der Waals surface area contributed by atoms with Crippen molar-refractivity contribution in [2.75, 3.05) is 14.2 Å². The maximum absolute atomic E-state index is 12.3. The molecule has 1 aliphatic heterocycles. The lowest BCUT2D eigenvalue weighted by molar-refractivity contribution is -0.133. The summed E-state index contributed by atoms with van der Waals surface area (Å²) < 4.78 is 15.4. The van der Waals surface area contributed by atoms with Gasteiger partial charge in [0, 0.05) is 22.5 Å². The molecule has 0 amide bonds. The number of rotatable bonds is 4. The Bertz CT molecular complexity index is 1190. The van der Waals surface area contributed by atoms with Gasteiger partial charge in [0.1, 0.15) is 11.3 Å². The number of fused-ring (bicyclic) bond motifs is 1. The van der Waals surface area contributed by atoms with Gasteiger partial charge in [-0.15, -0.1) is 0 Å². The number of nitrogens with zero attached hydrogens (tertiary/aromatic N) is 1. The number of nitrogens with one attached hydrogen (secondary N) is 2. The fourth-order valence-corrected chi connectivity index (χ4v) is 3.52. The second-order valence-corrected chi connectivity index (χ2v) is 7.03. The van der Waals surface area contributed by atoms with E-state index in [0.717, 1.165) is 5.56 Å². The minimum Gasteiger partial charge on any atom is -0.497 e. The van der Waals surface area contributed by atoms with Crippen molar-refractivity contribution in [2.45, 2.75) is 12.1 Å². The number of benzene rings is 2. The Morgan fingerprint density at radius 2 is 1.90 bits per heavy atom. The smallest absolute Gasteiger partial charge is 0.374 e. The first-order valence-electron chi connectivity index (χ1n) is 9.05. The minimum absolute atomic E-state index is 0.0302. The Morgan fingerprint density at radius 3 is 2.60 bits per heavy atom. The van der Waals surface area contributed by atoms with E-state index in [4.69, 9.17) is 25.5 Å². The molecule has 0 radical (unpaired) electrons. The highest BCUT2D eigenvalue weighted by Gasteiger charge is 2.33. The van der Waals surface area contributed by atoms with E-state index in [1.807, 2.05) is 18.2 Å². The molecule has 2 unspecified atom stereocenters. The normalized spacial score (nSPS) is 18.4. The predicted molar refractivity (Wildman–Crippen MR) is 112 cm³/mol. The van der Waals surface area contributed by atoms with Crippen LogP contribution in [0.5, 0.6) is 5.75 Å². The van der Waals surface area contributed by atoms with Crippen LogP contribution in [-0.4, -0.2) is 26.0 Å². The number of aliphatic imine (C=N–C) groups is 1. The highest BCUT2D eigenvalue weighted by atomic mass is 35.5. The lowest BCUT2D eigenvalue weighted by Gasteiger charge is -2.31. The maximum Gasteiger partial charge on any atom is 0.374 e. The fourth-order valence-electron chi connectivity index (χ4n) is 3.40. The van der Waals surface area contributed by atoms with E-state index in [1.54, 1.807) is 24.3 Å². The van der Waals surface area contributed by atoms with Gasteiger partial charge in [0.05, 0.1) is 26.3 Å². The van der Waals surface area contributed by atoms with Gasteiger partial charge in [0.15, 0.2) is 0 Å². The summed E-state index contributed by atoms with van der Waals surface area (Å²) in [5, 5.41) is 1.29. The van der Waals surface area contributed by atoms with Crippen LogP contribution in [-0.2, 0) is 9.53 Å². The number of methoxy groups -OCH3 is 2. The van der Waals surface area contributed by atoms with E-state index in [-0.39, 0.29) is 5.84 Å². The van der Waals surface area contributed by atoms with Gasteiger partial charge in [-0.2, -0.15) is 0 Å². The monoisotopic (exact) mass is 427 g/mol. The lowest BCUT2D eigenvalue weighted by atomic mass is 9.92. The third-order valence-electron chi connectivity index (χ3n) is 4.84. The van der Waals surface area contributed by atoms with Crippen molar-refractivity contribution >= 4 is 34.4 Å². The zero-order chi connectivity index (χ0) is 21.3. The number of hydrazine groups is 1. The van der Waals surface area contributed by atoms with Crippen LogP contribution in [0, 0.1) is 0 Å². The molecule has 154 valence electrons. The summed E-state index contributed by atoms with van der Waals surface area (Å²) in [6.45, 7) is 0. The average molecular weight is 428 g/mol. The molecule has 2 atom stereocenters. The summed E-state index contributed by atoms with van der Waals surface area (Å²) >= 11 is 6.03. The zero-order valence-electron chi connectivity index (χ0n) is 16.1. The van der Waals surface area contributed by atoms with Crippen LogP contribution >= 0.6 is 11.6 Å². The quantitative estimate of drug-likeness (QED) is 0.487. The molecule has 0 aliphatic carbocycles. The van der Waals surface area contributed by atoms with Crippen molar-refractivity contribution in [1.29, 1.82) is 0 Å². The van der Waals surface area contributed by atoms with Crippen LogP contribution < -0.4 is 21.2 Å². The van der Waals surface area contributed by atoms with Gasteiger partial charge in [-0.25, -0.2) is 15.0 Å². The maximum atomic E-state index is 12.3. The number of esters is 1. The van der Waals surface area contributed by atoms with Gasteiger partial charge in [0.25, 0.3) is 0 Å². The third-order valence-corrected chi connectivity index (χ3v) is 5.09. The summed E-state index contributed by atoms with van der Waals surface area (Å²) in [6.07, 6.45) is 0. The highest BCUT2D eigenvalue weighted by Crippen LogP contribution is 2.37. The SMILES string of the molecule is COC(=O)C1=NC(c2ccc(Cl)cc2)C(c2cc(=O)oc3cc(OC)ccc23)NN1. The number of amidine groups is 1. The molecule has 2 heterocycles. The van der Waals surface area contributed by atoms with Crippen LogP contribution in [0.4, 0.5) is 0 Å². The summed E-state index contributed by atoms with van der Waals surface area (Å²) in [7, 11) is 2.81. The largest absolute Gasteiger partial charge is 0.497 e. The molecular formula is C21H18ClN3O5. The molecule has 0 fully saturated rings. The number of carbonyl (C=O) groups excluding carboxylic acids is 1. The first-order chi connectivity index (χ1) is 14.5. The first kappa shape index (κ1) is 19.9. The van der Waals surface area contributed by atoms with Crippen LogP contribution in [0.2, 0.25) is 5.02 Å². The summed E-state index contributed by atoms with van der Waals surface area (Å²) in [6, 6.07) is 12.8. The van der Waals surface area contributed by atoms with Crippen molar-refractivity contribution in [3.63, 3.8) is 0 Å². The first-order valence-corrected chi connectivity index (χ1v) is 9.43. The minimum atomic E-state index is -0.609. The van der Waals surface area contributed by atoms with Crippen molar-refractivity contribution in [2.24, 2.45) is 4.99 Å². The molecule has 2 aromatic carbocycles. The van der Waals surface area contributed by atoms with Gasteiger partial charge in [0.2, 0.25) is 5.84 Å². The number of hydrogen-bond acceptors (Lipinski definition) is 8. The predicted octanol–water partition coefficient (Wildman–Crippen LogP) is 2.92. The van der Waals surface area contributed by atoms with Gasteiger partial charge in [-0.3, -0.25) is 10.4 Å². The van der Waals surface area contributed by atoms with E-state index in [1.165, 1.54) is 20.3 Å². The molecule has 1 aliphatic rings. The van der Waals surface area contributed by atoms with Crippen molar-refractivity contribution in [3.05, 3.63) is 75.1 Å². The molecule has 30 heavy (non-hydrogen) atoms. The second-order valence-electron chi connectivity index (χ2n) is 6.60. The van der Waals surface area contributed by atoms with Gasteiger partial charge in [-0.1, -0.05) is 23.7 Å². The van der Waals surface area contributed by atoms with E-state index in [2.05, 4.69) is 15.8 Å². The average Bonchev–Trinajstić information content (AvgIpc) is 2.77. The molecule has 2 N–H and O–H groups in total. The molecule has 0 bridgehead atoms. The van der Waals surface area contributed by atoms with Crippen LogP contribution in [0.25, 0.3) is 11.0 Å². The number of carbonyl (C=O) groups is 1. The summed E-state index contributed by atoms with van der Waals surface area (Å²) in [4.78, 5) is 28.8. The second kappa shape index (κ2) is 8.17. The van der Waals surface area contributed by atoms with Crippen LogP contribution in [0.1, 0.15) is 23.2 Å². The van der Waals surface area contributed by atoms with Crippen LogP contribution in [0.15, 0.2) is 62.7 Å². The van der Waals surface area contributed by atoms with Gasteiger partial charge < -0.3 is 13.9 Å². The third kappa shape index (κ3) is 3.74. The molecule has 0 saturated heterocycles. The number of halogens is 1. The Labute approximate surface area is 176 Å².